The molecular formula is C11H15F3N4O2S. The molecular weight excluding hydrogens is 309 g/mol. The average molecular weight is 324 g/mol. The van der Waals surface area contributed by atoms with Gasteiger partial charge in [0, 0.05) is 18.8 Å². The molecule has 0 saturated heterocycles. The van der Waals surface area contributed by atoms with Gasteiger partial charge in [0.1, 0.15) is 5.82 Å². The molecule has 0 aliphatic heterocycles. The Kier molecular flexibility index (Phi) is 6.53. The number of carbonyl (C=O) groups is 1. The summed E-state index contributed by atoms with van der Waals surface area (Å²) in [5.74, 6) is 1.16. The van der Waals surface area contributed by atoms with Crippen LogP contribution >= 0.6 is 11.8 Å². The van der Waals surface area contributed by atoms with Crippen LogP contribution in [0.3, 0.4) is 0 Å². The molecule has 21 heavy (non-hydrogen) atoms. The number of nitrogens with zero attached hydrogens (tertiary/aromatic N) is 3. The largest absolute Gasteiger partial charge is 0.440 e. The number of carbonyl (C=O) groups excluding carboxylic acids is 1. The Morgan fingerprint density at radius 2 is 2.24 bits per heavy atom. The third kappa shape index (κ3) is 6.52. The summed E-state index contributed by atoms with van der Waals surface area (Å²) in [4.78, 5) is 11.0. The maximum absolute atomic E-state index is 11.8. The van der Waals surface area contributed by atoms with Crippen molar-refractivity contribution in [2.75, 3.05) is 18.9 Å². The van der Waals surface area contributed by atoms with Crippen molar-refractivity contribution in [2.24, 2.45) is 0 Å². The first-order chi connectivity index (χ1) is 9.83. The maximum Gasteiger partial charge on any atom is 0.422 e. The second-order valence-corrected chi connectivity index (χ2v) is 4.96. The van der Waals surface area contributed by atoms with Crippen LogP contribution < -0.4 is 5.32 Å². The molecule has 0 aromatic carbocycles. The first-order valence-corrected chi connectivity index (χ1v) is 6.93. The molecule has 0 saturated carbocycles. The molecule has 0 atom stereocenters. The van der Waals surface area contributed by atoms with Crippen molar-refractivity contribution >= 4 is 17.9 Å². The number of halogens is 3. The van der Waals surface area contributed by atoms with Crippen LogP contribution in [0.4, 0.5) is 18.0 Å². The third-order valence-electron chi connectivity index (χ3n) is 2.18. The van der Waals surface area contributed by atoms with Gasteiger partial charge >= 0.3 is 12.3 Å². The number of rotatable bonds is 7. The normalized spacial score (nSPS) is 11.2. The fourth-order valence-corrected chi connectivity index (χ4v) is 2.15. The fourth-order valence-electron chi connectivity index (χ4n) is 1.30. The molecule has 0 spiro atoms. The van der Waals surface area contributed by atoms with Gasteiger partial charge in [0.15, 0.2) is 11.8 Å². The Labute approximate surface area is 123 Å². The number of ether oxygens (including phenoxy) is 1. The number of alkyl carbamates (subject to hydrolysis) is 1. The summed E-state index contributed by atoms with van der Waals surface area (Å²) in [5, 5.41) is 10.7. The van der Waals surface area contributed by atoms with Crippen molar-refractivity contribution in [2.45, 2.75) is 24.8 Å². The molecule has 6 nitrogen and oxygen atoms in total. The number of aryl methyl sites for hydroxylation is 1. The van der Waals surface area contributed by atoms with Gasteiger partial charge in [-0.1, -0.05) is 17.8 Å². The van der Waals surface area contributed by atoms with Gasteiger partial charge in [0.25, 0.3) is 0 Å². The zero-order chi connectivity index (χ0) is 15.9. The van der Waals surface area contributed by atoms with Crippen molar-refractivity contribution < 1.29 is 22.7 Å². The Morgan fingerprint density at radius 3 is 2.86 bits per heavy atom. The van der Waals surface area contributed by atoms with E-state index in [9.17, 15) is 18.0 Å². The molecule has 0 aliphatic carbocycles. The monoisotopic (exact) mass is 324 g/mol. The fraction of sp³-hybridized carbons (Fsp3) is 0.545. The molecule has 1 aromatic rings. The van der Waals surface area contributed by atoms with E-state index >= 15 is 0 Å². The van der Waals surface area contributed by atoms with Gasteiger partial charge in [-0.05, 0) is 6.92 Å². The number of aromatic nitrogens is 3. The summed E-state index contributed by atoms with van der Waals surface area (Å²) in [6.07, 6.45) is -3.92. The minimum Gasteiger partial charge on any atom is -0.440 e. The molecule has 1 N–H and O–H groups in total. The highest BCUT2D eigenvalue weighted by atomic mass is 32.2. The molecule has 0 radical (unpaired) electrons. The number of allylic oxidation sites excluding steroid dienone is 1. The van der Waals surface area contributed by atoms with E-state index < -0.39 is 18.9 Å². The van der Waals surface area contributed by atoms with Crippen molar-refractivity contribution in [1.82, 2.24) is 20.1 Å². The predicted molar refractivity (Wildman–Crippen MR) is 71.1 cm³/mol. The summed E-state index contributed by atoms with van der Waals surface area (Å²) >= 11 is 1.32. The Balaban J connectivity index is 2.28. The SMILES string of the molecule is C=CCn1c(C)nnc1SCCNC(=O)OCC(F)(F)F. The second kappa shape index (κ2) is 7.91. The van der Waals surface area contributed by atoms with Crippen LogP contribution in [0.25, 0.3) is 0 Å². The van der Waals surface area contributed by atoms with Crippen LogP contribution in [0, 0.1) is 6.92 Å². The smallest absolute Gasteiger partial charge is 0.422 e. The molecule has 1 rings (SSSR count). The summed E-state index contributed by atoms with van der Waals surface area (Å²) in [6, 6.07) is 0. The van der Waals surface area contributed by atoms with Gasteiger partial charge in [-0.15, -0.1) is 16.8 Å². The lowest BCUT2D eigenvalue weighted by atomic mass is 10.6. The van der Waals surface area contributed by atoms with E-state index in [1.165, 1.54) is 11.8 Å². The first-order valence-electron chi connectivity index (χ1n) is 5.94. The quantitative estimate of drug-likeness (QED) is 0.473. The van der Waals surface area contributed by atoms with Crippen LogP contribution in [0.1, 0.15) is 5.82 Å². The van der Waals surface area contributed by atoms with E-state index in [1.807, 2.05) is 4.57 Å². The van der Waals surface area contributed by atoms with E-state index in [0.29, 0.717) is 17.5 Å². The zero-order valence-electron chi connectivity index (χ0n) is 11.3. The van der Waals surface area contributed by atoms with Crippen molar-refractivity contribution in [3.05, 3.63) is 18.5 Å². The van der Waals surface area contributed by atoms with Gasteiger partial charge in [-0.3, -0.25) is 0 Å². The summed E-state index contributed by atoms with van der Waals surface area (Å²) < 4.78 is 41.3. The van der Waals surface area contributed by atoms with E-state index in [-0.39, 0.29) is 6.54 Å². The van der Waals surface area contributed by atoms with Crippen LogP contribution in [-0.4, -0.2) is 45.9 Å². The first kappa shape index (κ1) is 17.3. The van der Waals surface area contributed by atoms with Gasteiger partial charge in [-0.25, -0.2) is 4.79 Å². The highest BCUT2D eigenvalue weighted by Gasteiger charge is 2.29. The Hall–Kier alpha value is -1.71. The topological polar surface area (TPSA) is 69.0 Å². The van der Waals surface area contributed by atoms with E-state index in [1.54, 1.807) is 13.0 Å². The minimum absolute atomic E-state index is 0.154. The number of alkyl halides is 3. The Morgan fingerprint density at radius 1 is 1.52 bits per heavy atom. The second-order valence-electron chi connectivity index (χ2n) is 3.90. The van der Waals surface area contributed by atoms with Gasteiger partial charge in [-0.2, -0.15) is 13.2 Å². The van der Waals surface area contributed by atoms with Crippen LogP contribution in [0.5, 0.6) is 0 Å². The molecule has 10 heteroatoms. The molecule has 1 heterocycles. The van der Waals surface area contributed by atoms with E-state index in [2.05, 4.69) is 26.8 Å². The molecule has 1 amide bonds. The van der Waals surface area contributed by atoms with E-state index in [4.69, 9.17) is 0 Å². The summed E-state index contributed by atoms with van der Waals surface area (Å²) in [5.41, 5.74) is 0. The summed E-state index contributed by atoms with van der Waals surface area (Å²) in [7, 11) is 0. The third-order valence-corrected chi connectivity index (χ3v) is 3.15. The molecule has 1 aromatic heterocycles. The molecule has 0 bridgehead atoms. The number of thioether (sulfide) groups is 1. The van der Waals surface area contributed by atoms with Crippen molar-refractivity contribution in [1.29, 1.82) is 0 Å². The maximum atomic E-state index is 11.8. The van der Waals surface area contributed by atoms with Crippen molar-refractivity contribution in [3.63, 3.8) is 0 Å². The molecule has 0 aliphatic rings. The number of hydrogen-bond donors (Lipinski definition) is 1. The highest BCUT2D eigenvalue weighted by molar-refractivity contribution is 7.99. The number of amides is 1. The van der Waals surface area contributed by atoms with Gasteiger partial charge < -0.3 is 14.6 Å². The molecule has 0 fully saturated rings. The zero-order valence-corrected chi connectivity index (χ0v) is 12.1. The number of hydrogen-bond acceptors (Lipinski definition) is 5. The van der Waals surface area contributed by atoms with Gasteiger partial charge in [0.05, 0.1) is 0 Å². The Bertz CT molecular complexity index is 490. The standard InChI is InChI=1S/C11H15F3N4O2S/c1-3-5-18-8(2)16-17-9(18)21-6-4-15-10(19)20-7-11(12,13)14/h3H,1,4-7H2,2H3,(H,15,19). The highest BCUT2D eigenvalue weighted by Crippen LogP contribution is 2.16. The van der Waals surface area contributed by atoms with Crippen LogP contribution in [-0.2, 0) is 11.3 Å². The summed E-state index contributed by atoms with van der Waals surface area (Å²) in [6.45, 7) is 4.54. The minimum atomic E-state index is -4.52. The lowest BCUT2D eigenvalue weighted by molar-refractivity contribution is -0.160. The molecule has 118 valence electrons. The lowest BCUT2D eigenvalue weighted by Crippen LogP contribution is -2.30. The average Bonchev–Trinajstić information content (AvgIpc) is 2.74. The van der Waals surface area contributed by atoms with Gasteiger partial charge in [0.2, 0.25) is 0 Å². The predicted octanol–water partition coefficient (Wildman–Crippen LogP) is 2.15. The lowest BCUT2D eigenvalue weighted by Gasteiger charge is -2.09. The van der Waals surface area contributed by atoms with Crippen LogP contribution in [0.2, 0.25) is 0 Å². The number of nitrogens with one attached hydrogen (secondary N) is 1. The molecule has 0 unspecified atom stereocenters. The van der Waals surface area contributed by atoms with Crippen molar-refractivity contribution in [3.8, 4) is 0 Å². The van der Waals surface area contributed by atoms with Crippen LogP contribution in [0.15, 0.2) is 17.8 Å². The van der Waals surface area contributed by atoms with E-state index in [0.717, 1.165) is 5.82 Å².